The highest BCUT2D eigenvalue weighted by Crippen LogP contribution is 2.30. The van der Waals surface area contributed by atoms with Crippen LogP contribution < -0.4 is 4.90 Å². The monoisotopic (exact) mass is 382 g/mol. The van der Waals surface area contributed by atoms with Gasteiger partial charge in [0.25, 0.3) is 11.6 Å². The molecule has 1 aliphatic rings. The zero-order chi connectivity index (χ0) is 19.0. The number of carbonyl (C=O) groups is 1. The number of anilines is 1. The molecular formula is C19H18N4O3S. The van der Waals surface area contributed by atoms with Crippen molar-refractivity contribution < 1.29 is 9.72 Å². The number of aryl methyl sites for hydroxylation is 1. The summed E-state index contributed by atoms with van der Waals surface area (Å²) < 4.78 is 1.16. The van der Waals surface area contributed by atoms with Crippen LogP contribution in [0.25, 0.3) is 10.2 Å². The molecule has 138 valence electrons. The molecule has 1 aromatic heterocycles. The summed E-state index contributed by atoms with van der Waals surface area (Å²) in [6.07, 6.45) is 0. The van der Waals surface area contributed by atoms with E-state index in [-0.39, 0.29) is 17.2 Å². The minimum Gasteiger partial charge on any atom is -0.345 e. The van der Waals surface area contributed by atoms with Gasteiger partial charge in [0.2, 0.25) is 0 Å². The van der Waals surface area contributed by atoms with E-state index in [2.05, 4.69) is 24.0 Å². The van der Waals surface area contributed by atoms with Gasteiger partial charge in [-0.2, -0.15) is 0 Å². The number of nitrogens with zero attached hydrogens (tertiary/aromatic N) is 4. The molecular weight excluding hydrogens is 364 g/mol. The molecule has 1 aliphatic heterocycles. The van der Waals surface area contributed by atoms with Crippen molar-refractivity contribution in [2.75, 3.05) is 31.1 Å². The normalized spacial score (nSPS) is 14.6. The van der Waals surface area contributed by atoms with Gasteiger partial charge >= 0.3 is 0 Å². The Bertz CT molecular complexity index is 1020. The third-order valence-electron chi connectivity index (χ3n) is 4.70. The van der Waals surface area contributed by atoms with Gasteiger partial charge in [0.1, 0.15) is 5.56 Å². The Labute approximate surface area is 160 Å². The van der Waals surface area contributed by atoms with E-state index in [1.165, 1.54) is 17.7 Å². The first kappa shape index (κ1) is 17.4. The van der Waals surface area contributed by atoms with Crippen molar-refractivity contribution in [1.29, 1.82) is 0 Å². The minimum atomic E-state index is -0.507. The molecule has 2 aromatic carbocycles. The second-order valence-corrected chi connectivity index (χ2v) is 7.53. The number of benzene rings is 2. The third-order valence-corrected chi connectivity index (χ3v) is 5.78. The highest BCUT2D eigenvalue weighted by molar-refractivity contribution is 7.22. The van der Waals surface area contributed by atoms with E-state index in [1.54, 1.807) is 28.4 Å². The molecule has 4 rings (SSSR count). The molecule has 1 amide bonds. The van der Waals surface area contributed by atoms with Crippen molar-refractivity contribution in [1.82, 2.24) is 9.88 Å². The zero-order valence-corrected chi connectivity index (χ0v) is 15.6. The molecule has 1 saturated heterocycles. The number of nitro groups is 1. The van der Waals surface area contributed by atoms with Gasteiger partial charge in [-0.25, -0.2) is 4.98 Å². The van der Waals surface area contributed by atoms with Gasteiger partial charge < -0.3 is 9.80 Å². The highest BCUT2D eigenvalue weighted by Gasteiger charge is 2.28. The molecule has 0 atom stereocenters. The van der Waals surface area contributed by atoms with Gasteiger partial charge in [-0.05, 0) is 30.7 Å². The maximum absolute atomic E-state index is 12.7. The quantitative estimate of drug-likeness (QED) is 0.512. The summed E-state index contributed by atoms with van der Waals surface area (Å²) in [6.45, 7) is 4.40. The molecule has 3 aromatic rings. The van der Waals surface area contributed by atoms with Crippen LogP contribution in [0, 0.1) is 17.0 Å². The number of amides is 1. The van der Waals surface area contributed by atoms with Gasteiger partial charge in [0, 0.05) is 32.2 Å². The fourth-order valence-corrected chi connectivity index (χ4v) is 4.36. The maximum atomic E-state index is 12.7. The Balaban J connectivity index is 1.48. The van der Waals surface area contributed by atoms with Gasteiger partial charge in [-0.3, -0.25) is 14.9 Å². The fourth-order valence-electron chi connectivity index (χ4n) is 3.24. The van der Waals surface area contributed by atoms with Crippen LogP contribution in [0.15, 0.2) is 42.5 Å². The number of fused-ring (bicyclic) bond motifs is 1. The first-order valence-electron chi connectivity index (χ1n) is 8.68. The van der Waals surface area contributed by atoms with Crippen molar-refractivity contribution in [3.63, 3.8) is 0 Å². The van der Waals surface area contributed by atoms with Crippen molar-refractivity contribution in [2.24, 2.45) is 0 Å². The number of hydrogen-bond donors (Lipinski definition) is 0. The molecule has 7 nitrogen and oxygen atoms in total. The van der Waals surface area contributed by atoms with Gasteiger partial charge in [0.15, 0.2) is 5.13 Å². The zero-order valence-electron chi connectivity index (χ0n) is 14.8. The van der Waals surface area contributed by atoms with E-state index in [1.807, 2.05) is 6.07 Å². The van der Waals surface area contributed by atoms with E-state index in [4.69, 9.17) is 4.98 Å². The fraction of sp³-hybridized carbons (Fsp3) is 0.263. The van der Waals surface area contributed by atoms with Crippen LogP contribution in [0.2, 0.25) is 0 Å². The van der Waals surface area contributed by atoms with E-state index in [9.17, 15) is 14.9 Å². The molecule has 0 bridgehead atoms. The van der Waals surface area contributed by atoms with Crippen LogP contribution in [0.4, 0.5) is 10.8 Å². The van der Waals surface area contributed by atoms with Crippen molar-refractivity contribution >= 4 is 38.3 Å². The van der Waals surface area contributed by atoms with Crippen molar-refractivity contribution in [3.05, 3.63) is 63.7 Å². The lowest BCUT2D eigenvalue weighted by Crippen LogP contribution is -2.48. The summed E-state index contributed by atoms with van der Waals surface area (Å²) in [5.74, 6) is -0.290. The maximum Gasteiger partial charge on any atom is 0.282 e. The third kappa shape index (κ3) is 3.35. The number of thiazole rings is 1. The predicted octanol–water partition coefficient (Wildman–Crippen LogP) is 3.48. The summed E-state index contributed by atoms with van der Waals surface area (Å²) in [6, 6.07) is 12.3. The first-order chi connectivity index (χ1) is 13.0. The number of nitro benzene ring substituents is 1. The molecule has 0 aliphatic carbocycles. The number of piperazine rings is 1. The highest BCUT2D eigenvalue weighted by atomic mass is 32.1. The molecule has 2 heterocycles. The van der Waals surface area contributed by atoms with Gasteiger partial charge in [0.05, 0.1) is 15.1 Å². The van der Waals surface area contributed by atoms with Crippen molar-refractivity contribution in [3.8, 4) is 0 Å². The molecule has 0 spiro atoms. The van der Waals surface area contributed by atoms with Crippen LogP contribution in [-0.4, -0.2) is 46.9 Å². The number of rotatable bonds is 3. The average Bonchev–Trinajstić information content (AvgIpc) is 3.10. The SMILES string of the molecule is Cc1ccc2nc(N3CCN(C(=O)c4ccccc4[N+](=O)[O-])CC3)sc2c1. The van der Waals surface area contributed by atoms with Crippen LogP contribution in [-0.2, 0) is 0 Å². The Morgan fingerprint density at radius 1 is 1.15 bits per heavy atom. The van der Waals surface area contributed by atoms with E-state index < -0.39 is 4.92 Å². The number of carbonyl (C=O) groups excluding carboxylic acids is 1. The Morgan fingerprint density at radius 3 is 2.63 bits per heavy atom. The Morgan fingerprint density at radius 2 is 1.89 bits per heavy atom. The minimum absolute atomic E-state index is 0.145. The molecule has 8 heteroatoms. The summed E-state index contributed by atoms with van der Waals surface area (Å²) in [5, 5.41) is 12.1. The average molecular weight is 382 g/mol. The standard InChI is InChI=1S/C19H18N4O3S/c1-13-6-7-15-17(12-13)27-19(20-15)22-10-8-21(9-11-22)18(24)14-4-2-3-5-16(14)23(25)26/h2-7,12H,8-11H2,1H3. The van der Waals surface area contributed by atoms with Gasteiger partial charge in [-0.15, -0.1) is 0 Å². The molecule has 0 unspecified atom stereocenters. The second-order valence-electron chi connectivity index (χ2n) is 6.52. The van der Waals surface area contributed by atoms with E-state index >= 15 is 0 Å². The van der Waals surface area contributed by atoms with Crippen LogP contribution in [0.5, 0.6) is 0 Å². The van der Waals surface area contributed by atoms with Gasteiger partial charge in [-0.1, -0.05) is 29.5 Å². The molecule has 1 fully saturated rings. The summed E-state index contributed by atoms with van der Waals surface area (Å²) in [7, 11) is 0. The van der Waals surface area contributed by atoms with Crippen LogP contribution >= 0.6 is 11.3 Å². The molecule has 0 saturated carbocycles. The first-order valence-corrected chi connectivity index (χ1v) is 9.49. The lowest BCUT2D eigenvalue weighted by atomic mass is 10.1. The Kier molecular flexibility index (Phi) is 4.49. The predicted molar refractivity (Wildman–Crippen MR) is 106 cm³/mol. The lowest BCUT2D eigenvalue weighted by Gasteiger charge is -2.34. The summed E-state index contributed by atoms with van der Waals surface area (Å²) >= 11 is 1.65. The van der Waals surface area contributed by atoms with Crippen LogP contribution in [0.3, 0.4) is 0 Å². The summed E-state index contributed by atoms with van der Waals surface area (Å²) in [5.41, 5.74) is 2.19. The van der Waals surface area contributed by atoms with E-state index in [0.29, 0.717) is 26.2 Å². The number of aromatic nitrogens is 1. The Hall–Kier alpha value is -3.00. The second kappa shape index (κ2) is 6.96. The lowest BCUT2D eigenvalue weighted by molar-refractivity contribution is -0.385. The largest absolute Gasteiger partial charge is 0.345 e. The van der Waals surface area contributed by atoms with Crippen LogP contribution in [0.1, 0.15) is 15.9 Å². The number of para-hydroxylation sites is 1. The molecule has 0 N–H and O–H groups in total. The molecule has 0 radical (unpaired) electrons. The number of hydrogen-bond acceptors (Lipinski definition) is 6. The smallest absolute Gasteiger partial charge is 0.282 e. The molecule has 27 heavy (non-hydrogen) atoms. The summed E-state index contributed by atoms with van der Waals surface area (Å²) in [4.78, 5) is 31.9. The van der Waals surface area contributed by atoms with E-state index in [0.717, 1.165) is 15.3 Å². The topological polar surface area (TPSA) is 79.6 Å². The van der Waals surface area contributed by atoms with Crippen molar-refractivity contribution in [2.45, 2.75) is 6.92 Å².